The van der Waals surface area contributed by atoms with E-state index in [0.717, 1.165) is 38.8 Å². The maximum atomic E-state index is 11.8. The first-order valence-corrected chi connectivity index (χ1v) is 9.58. The third kappa shape index (κ3) is 7.14. The van der Waals surface area contributed by atoms with Crippen molar-refractivity contribution in [3.63, 3.8) is 0 Å². The number of nitrogens with two attached hydrogens (primary N) is 2. The standard InChI is InChI=1S/C12H20N4O2.C10H13NO/c1-4-9-6-5-7-11(10(9)8-18-3)16(14)12(17)15(2)13;1-8-5-4-6-10(7-8)9(2)11-12-3/h5-7H,4,8,13-14H2,1-3H3;4-7H,1-3H3. The molecule has 0 heterocycles. The zero-order valence-electron chi connectivity index (χ0n) is 18.7. The minimum Gasteiger partial charge on any atom is -0.399 e. The van der Waals surface area contributed by atoms with Gasteiger partial charge in [-0.15, -0.1) is 0 Å². The monoisotopic (exact) mass is 415 g/mol. The maximum Gasteiger partial charge on any atom is 0.352 e. The highest BCUT2D eigenvalue weighted by Crippen LogP contribution is 2.24. The number of carbonyl (C=O) groups is 1. The summed E-state index contributed by atoms with van der Waals surface area (Å²) in [5.41, 5.74) is 5.85. The van der Waals surface area contributed by atoms with E-state index in [0.29, 0.717) is 12.3 Å². The van der Waals surface area contributed by atoms with Crippen molar-refractivity contribution in [2.75, 3.05) is 26.3 Å². The highest BCUT2D eigenvalue weighted by atomic mass is 16.6. The van der Waals surface area contributed by atoms with E-state index in [1.54, 1.807) is 20.3 Å². The first kappa shape index (κ1) is 25.1. The fourth-order valence-corrected chi connectivity index (χ4v) is 2.82. The highest BCUT2D eigenvalue weighted by Gasteiger charge is 2.18. The quantitative estimate of drug-likeness (QED) is 0.326. The molecule has 8 nitrogen and oxygen atoms in total. The molecule has 2 aromatic rings. The molecule has 0 aromatic heterocycles. The van der Waals surface area contributed by atoms with Gasteiger partial charge in [0.25, 0.3) is 0 Å². The van der Waals surface area contributed by atoms with Crippen molar-refractivity contribution in [1.82, 2.24) is 5.01 Å². The lowest BCUT2D eigenvalue weighted by molar-refractivity contribution is 0.184. The Balaban J connectivity index is 0.000000325. The van der Waals surface area contributed by atoms with E-state index < -0.39 is 6.03 Å². The van der Waals surface area contributed by atoms with Crippen LogP contribution in [-0.2, 0) is 22.6 Å². The molecule has 2 amide bonds. The molecule has 8 heteroatoms. The molecule has 30 heavy (non-hydrogen) atoms. The fourth-order valence-electron chi connectivity index (χ4n) is 2.82. The van der Waals surface area contributed by atoms with Gasteiger partial charge < -0.3 is 9.57 Å². The van der Waals surface area contributed by atoms with Crippen molar-refractivity contribution >= 4 is 17.4 Å². The van der Waals surface area contributed by atoms with Gasteiger partial charge in [-0.05, 0) is 37.5 Å². The Bertz CT molecular complexity index is 852. The normalized spacial score (nSPS) is 10.7. The predicted octanol–water partition coefficient (Wildman–Crippen LogP) is 3.37. The number of amides is 2. The van der Waals surface area contributed by atoms with Gasteiger partial charge in [-0.3, -0.25) is 5.01 Å². The average molecular weight is 416 g/mol. The van der Waals surface area contributed by atoms with Gasteiger partial charge in [0, 0.05) is 19.7 Å². The van der Waals surface area contributed by atoms with E-state index >= 15 is 0 Å². The lowest BCUT2D eigenvalue weighted by atomic mass is 10.0. The molecule has 4 N–H and O–H groups in total. The molecule has 0 saturated heterocycles. The molecule has 0 radical (unpaired) electrons. The molecule has 0 saturated carbocycles. The van der Waals surface area contributed by atoms with Gasteiger partial charge in [0.2, 0.25) is 0 Å². The predicted molar refractivity (Wildman–Crippen MR) is 121 cm³/mol. The number of rotatable bonds is 6. The van der Waals surface area contributed by atoms with E-state index in [1.165, 1.54) is 12.6 Å². The van der Waals surface area contributed by atoms with Gasteiger partial charge >= 0.3 is 6.03 Å². The van der Waals surface area contributed by atoms with Gasteiger partial charge in [-0.2, -0.15) is 0 Å². The van der Waals surface area contributed by atoms with Gasteiger partial charge in [-0.25, -0.2) is 21.5 Å². The summed E-state index contributed by atoms with van der Waals surface area (Å²) in [4.78, 5) is 16.4. The molecule has 164 valence electrons. The Morgan fingerprint density at radius 3 is 2.33 bits per heavy atom. The van der Waals surface area contributed by atoms with Gasteiger partial charge in [0.05, 0.1) is 18.0 Å². The third-order valence-corrected chi connectivity index (χ3v) is 4.35. The van der Waals surface area contributed by atoms with Crippen molar-refractivity contribution in [3.8, 4) is 0 Å². The number of hydrazine groups is 2. The van der Waals surface area contributed by atoms with E-state index in [9.17, 15) is 4.79 Å². The van der Waals surface area contributed by atoms with Crippen LogP contribution >= 0.6 is 0 Å². The van der Waals surface area contributed by atoms with Crippen LogP contribution in [-0.4, -0.2) is 38.0 Å². The summed E-state index contributed by atoms with van der Waals surface area (Å²) in [7, 11) is 4.61. The minimum absolute atomic E-state index is 0.397. The Morgan fingerprint density at radius 1 is 1.13 bits per heavy atom. The van der Waals surface area contributed by atoms with Gasteiger partial charge in [0.15, 0.2) is 0 Å². The van der Waals surface area contributed by atoms with Crippen molar-refractivity contribution in [1.29, 1.82) is 0 Å². The lowest BCUT2D eigenvalue weighted by Gasteiger charge is -2.24. The van der Waals surface area contributed by atoms with E-state index in [4.69, 9.17) is 16.4 Å². The number of hydrogen-bond donors (Lipinski definition) is 2. The Labute approximate surface area is 179 Å². The SMILES string of the molecule is CCc1cccc(N(N)C(=O)N(C)N)c1COC.CON=C(C)c1cccc(C)c1. The number of nitrogens with zero attached hydrogens (tertiary/aromatic N) is 3. The van der Waals surface area contributed by atoms with Crippen molar-refractivity contribution in [2.45, 2.75) is 33.8 Å². The molecular formula is C22H33N5O3. The van der Waals surface area contributed by atoms with E-state index in [1.807, 2.05) is 38.1 Å². The summed E-state index contributed by atoms with van der Waals surface area (Å²) >= 11 is 0. The summed E-state index contributed by atoms with van der Waals surface area (Å²) in [6, 6.07) is 13.3. The second-order valence-corrected chi connectivity index (χ2v) is 6.69. The maximum absolute atomic E-state index is 11.8. The van der Waals surface area contributed by atoms with Crippen LogP contribution in [0.4, 0.5) is 10.5 Å². The van der Waals surface area contributed by atoms with E-state index in [-0.39, 0.29) is 0 Å². The number of benzene rings is 2. The number of urea groups is 1. The van der Waals surface area contributed by atoms with Crippen LogP contribution in [0.3, 0.4) is 0 Å². The van der Waals surface area contributed by atoms with Crippen LogP contribution in [0.1, 0.15) is 36.1 Å². The summed E-state index contributed by atoms with van der Waals surface area (Å²) in [6.45, 7) is 6.42. The van der Waals surface area contributed by atoms with Crippen LogP contribution in [0.25, 0.3) is 0 Å². The van der Waals surface area contributed by atoms with Crippen LogP contribution in [0.5, 0.6) is 0 Å². The lowest BCUT2D eigenvalue weighted by Crippen LogP contribution is -2.49. The molecule has 0 atom stereocenters. The molecule has 0 aliphatic carbocycles. The Morgan fingerprint density at radius 2 is 1.80 bits per heavy atom. The second-order valence-electron chi connectivity index (χ2n) is 6.69. The molecule has 0 aliphatic heterocycles. The number of anilines is 1. The molecule has 0 fully saturated rings. The topological polar surface area (TPSA) is 106 Å². The molecule has 0 unspecified atom stereocenters. The Hall–Kier alpha value is -2.94. The smallest absolute Gasteiger partial charge is 0.352 e. The number of aryl methyl sites for hydroxylation is 2. The molecule has 0 aliphatic rings. The second kappa shape index (κ2) is 12.6. The average Bonchev–Trinajstić information content (AvgIpc) is 2.73. The molecular weight excluding hydrogens is 382 g/mol. The first-order chi connectivity index (χ1) is 14.3. The number of methoxy groups -OCH3 is 1. The fraction of sp³-hybridized carbons (Fsp3) is 0.364. The molecule has 2 aromatic carbocycles. The van der Waals surface area contributed by atoms with E-state index in [2.05, 4.69) is 29.0 Å². The zero-order chi connectivity index (χ0) is 22.7. The minimum atomic E-state index is -0.486. The highest BCUT2D eigenvalue weighted by molar-refractivity contribution is 5.98. The van der Waals surface area contributed by atoms with Gasteiger partial charge in [-0.1, -0.05) is 54.0 Å². The Kier molecular flexibility index (Phi) is 10.5. The van der Waals surface area contributed by atoms with Gasteiger partial charge in [0.1, 0.15) is 7.11 Å². The number of hydrogen-bond acceptors (Lipinski definition) is 6. The largest absolute Gasteiger partial charge is 0.399 e. The summed E-state index contributed by atoms with van der Waals surface area (Å²) in [5, 5.41) is 5.83. The first-order valence-electron chi connectivity index (χ1n) is 9.58. The summed E-state index contributed by atoms with van der Waals surface area (Å²) in [6.07, 6.45) is 0.840. The van der Waals surface area contributed by atoms with Crippen LogP contribution < -0.4 is 16.7 Å². The summed E-state index contributed by atoms with van der Waals surface area (Å²) < 4.78 is 5.16. The number of oxime groups is 1. The van der Waals surface area contributed by atoms with Crippen LogP contribution in [0.15, 0.2) is 47.6 Å². The van der Waals surface area contributed by atoms with Crippen molar-refractivity contribution in [3.05, 3.63) is 64.7 Å². The van der Waals surface area contributed by atoms with Crippen LogP contribution in [0, 0.1) is 6.92 Å². The molecule has 2 rings (SSSR count). The van der Waals surface area contributed by atoms with Crippen molar-refractivity contribution < 1.29 is 14.4 Å². The van der Waals surface area contributed by atoms with Crippen LogP contribution in [0.2, 0.25) is 0 Å². The molecule has 0 spiro atoms. The molecule has 0 bridgehead atoms. The zero-order valence-corrected chi connectivity index (χ0v) is 18.7. The number of carbonyl (C=O) groups excluding carboxylic acids is 1. The number of ether oxygens (including phenoxy) is 1. The third-order valence-electron chi connectivity index (χ3n) is 4.35. The summed E-state index contributed by atoms with van der Waals surface area (Å²) in [5.74, 6) is 11.2. The van der Waals surface area contributed by atoms with Crippen molar-refractivity contribution in [2.24, 2.45) is 16.8 Å².